The average molecular weight is 383 g/mol. The molecule has 27 heavy (non-hydrogen) atoms. The molecule has 3 aromatic rings. The molecular formula is C19H14FN3O3S. The van der Waals surface area contributed by atoms with Crippen molar-refractivity contribution in [2.45, 2.75) is 5.25 Å². The van der Waals surface area contributed by atoms with Crippen LogP contribution in [0.5, 0.6) is 0 Å². The van der Waals surface area contributed by atoms with Gasteiger partial charge in [0, 0.05) is 11.1 Å². The Balaban J connectivity index is 1.81. The van der Waals surface area contributed by atoms with E-state index >= 15 is 0 Å². The molecule has 136 valence electrons. The molecule has 0 fully saturated rings. The van der Waals surface area contributed by atoms with Gasteiger partial charge in [0.05, 0.1) is 28.5 Å². The number of hydrogen-bond donors (Lipinski definition) is 2. The maximum Gasteiger partial charge on any atom is 0.335 e. The number of carboxylic acid groups (broad SMARTS) is 1. The molecule has 4 rings (SSSR count). The first-order chi connectivity index (χ1) is 13.0. The van der Waals surface area contributed by atoms with Crippen molar-refractivity contribution in [3.8, 4) is 5.69 Å². The largest absolute Gasteiger partial charge is 0.478 e. The minimum Gasteiger partial charge on any atom is -0.478 e. The molecule has 2 aromatic carbocycles. The quantitative estimate of drug-likeness (QED) is 0.723. The SMILES string of the molecule is O=C1CSC(c2ccccc2F)c2cnn(-c3ccc(C(=O)O)cc3)c2N1. The van der Waals surface area contributed by atoms with Crippen LogP contribution in [0.4, 0.5) is 10.2 Å². The lowest BCUT2D eigenvalue weighted by molar-refractivity contribution is -0.113. The predicted octanol–water partition coefficient (Wildman–Crippen LogP) is 3.48. The van der Waals surface area contributed by atoms with Gasteiger partial charge in [-0.15, -0.1) is 11.8 Å². The number of carbonyl (C=O) groups excluding carboxylic acids is 1. The van der Waals surface area contributed by atoms with E-state index in [0.29, 0.717) is 22.6 Å². The Morgan fingerprint density at radius 2 is 1.93 bits per heavy atom. The minimum atomic E-state index is -1.02. The minimum absolute atomic E-state index is 0.154. The first-order valence-electron chi connectivity index (χ1n) is 8.12. The number of thioether (sulfide) groups is 1. The van der Waals surface area contributed by atoms with E-state index < -0.39 is 5.97 Å². The molecule has 1 aromatic heterocycles. The molecule has 0 bridgehead atoms. The van der Waals surface area contributed by atoms with Crippen molar-refractivity contribution in [2.24, 2.45) is 0 Å². The van der Waals surface area contributed by atoms with Crippen LogP contribution < -0.4 is 5.32 Å². The molecular weight excluding hydrogens is 369 g/mol. The smallest absolute Gasteiger partial charge is 0.335 e. The molecule has 1 aliphatic heterocycles. The second kappa shape index (κ2) is 6.88. The summed E-state index contributed by atoms with van der Waals surface area (Å²) in [5, 5.41) is 15.8. The first kappa shape index (κ1) is 17.3. The number of fused-ring (bicyclic) bond motifs is 1. The highest BCUT2D eigenvalue weighted by Crippen LogP contribution is 2.42. The van der Waals surface area contributed by atoms with Gasteiger partial charge in [0.25, 0.3) is 0 Å². The normalized spacial score (nSPS) is 16.3. The number of aromatic carboxylic acids is 1. The van der Waals surface area contributed by atoms with E-state index in [0.717, 1.165) is 0 Å². The van der Waals surface area contributed by atoms with Crippen molar-refractivity contribution in [1.29, 1.82) is 0 Å². The maximum absolute atomic E-state index is 14.3. The van der Waals surface area contributed by atoms with Crippen LogP contribution in [0.3, 0.4) is 0 Å². The molecule has 1 unspecified atom stereocenters. The molecule has 1 atom stereocenters. The zero-order valence-corrected chi connectivity index (χ0v) is 14.7. The lowest BCUT2D eigenvalue weighted by atomic mass is 10.1. The van der Waals surface area contributed by atoms with Gasteiger partial charge in [0.15, 0.2) is 0 Å². The number of anilines is 1. The number of nitrogens with one attached hydrogen (secondary N) is 1. The van der Waals surface area contributed by atoms with Gasteiger partial charge in [-0.3, -0.25) is 4.79 Å². The maximum atomic E-state index is 14.3. The lowest BCUT2D eigenvalue weighted by Crippen LogP contribution is -2.15. The van der Waals surface area contributed by atoms with E-state index in [-0.39, 0.29) is 28.3 Å². The molecule has 0 spiro atoms. The molecule has 2 heterocycles. The Bertz CT molecular complexity index is 1030. The summed E-state index contributed by atoms with van der Waals surface area (Å²) in [6.45, 7) is 0. The molecule has 0 radical (unpaired) electrons. The summed E-state index contributed by atoms with van der Waals surface area (Å²) in [6.07, 6.45) is 1.61. The monoisotopic (exact) mass is 383 g/mol. The van der Waals surface area contributed by atoms with Crippen LogP contribution >= 0.6 is 11.8 Å². The van der Waals surface area contributed by atoms with Crippen LogP contribution in [0, 0.1) is 5.82 Å². The molecule has 8 heteroatoms. The van der Waals surface area contributed by atoms with Crippen molar-refractivity contribution in [3.63, 3.8) is 0 Å². The van der Waals surface area contributed by atoms with Gasteiger partial charge in [0.2, 0.25) is 5.91 Å². The van der Waals surface area contributed by atoms with Crippen LogP contribution in [0.1, 0.15) is 26.7 Å². The van der Waals surface area contributed by atoms with E-state index in [1.165, 1.54) is 34.6 Å². The van der Waals surface area contributed by atoms with Gasteiger partial charge in [-0.25, -0.2) is 13.9 Å². The van der Waals surface area contributed by atoms with E-state index in [9.17, 15) is 14.0 Å². The molecule has 0 saturated heterocycles. The number of aromatic nitrogens is 2. The predicted molar refractivity (Wildman–Crippen MR) is 99.9 cm³/mol. The fraction of sp³-hybridized carbons (Fsp3) is 0.105. The highest BCUT2D eigenvalue weighted by molar-refractivity contribution is 8.00. The van der Waals surface area contributed by atoms with Gasteiger partial charge in [-0.2, -0.15) is 5.10 Å². The summed E-state index contributed by atoms with van der Waals surface area (Å²) in [5.41, 5.74) is 1.93. The van der Waals surface area contributed by atoms with Gasteiger partial charge in [-0.05, 0) is 30.3 Å². The van der Waals surface area contributed by atoms with E-state index in [1.807, 2.05) is 0 Å². The van der Waals surface area contributed by atoms with Crippen molar-refractivity contribution in [2.75, 3.05) is 11.1 Å². The number of amides is 1. The molecule has 1 amide bonds. The number of benzene rings is 2. The number of carboxylic acids is 1. The third-order valence-corrected chi connectivity index (χ3v) is 5.54. The van der Waals surface area contributed by atoms with E-state index in [4.69, 9.17) is 5.11 Å². The number of rotatable bonds is 3. The van der Waals surface area contributed by atoms with Crippen LogP contribution in [0.2, 0.25) is 0 Å². The zero-order chi connectivity index (χ0) is 19.0. The van der Waals surface area contributed by atoms with Gasteiger partial charge in [0.1, 0.15) is 11.6 Å². The molecule has 2 N–H and O–H groups in total. The van der Waals surface area contributed by atoms with Crippen LogP contribution in [-0.4, -0.2) is 32.5 Å². The number of halogens is 1. The summed E-state index contributed by atoms with van der Waals surface area (Å²) < 4.78 is 15.9. The van der Waals surface area contributed by atoms with E-state index in [2.05, 4.69) is 10.4 Å². The van der Waals surface area contributed by atoms with Crippen molar-refractivity contribution < 1.29 is 19.1 Å². The lowest BCUT2D eigenvalue weighted by Gasteiger charge is -2.15. The fourth-order valence-corrected chi connectivity index (χ4v) is 4.09. The highest BCUT2D eigenvalue weighted by Gasteiger charge is 2.29. The summed E-state index contributed by atoms with van der Waals surface area (Å²) in [6, 6.07) is 12.6. The Morgan fingerprint density at radius 1 is 1.19 bits per heavy atom. The molecule has 1 aliphatic rings. The van der Waals surface area contributed by atoms with Crippen molar-refractivity contribution >= 4 is 29.5 Å². The highest BCUT2D eigenvalue weighted by atomic mass is 32.2. The third-order valence-electron chi connectivity index (χ3n) is 4.27. The number of nitrogens with zero attached hydrogens (tertiary/aromatic N) is 2. The van der Waals surface area contributed by atoms with Gasteiger partial charge < -0.3 is 10.4 Å². The van der Waals surface area contributed by atoms with E-state index in [1.54, 1.807) is 36.5 Å². The Labute approximate surface area is 158 Å². The van der Waals surface area contributed by atoms with Gasteiger partial charge >= 0.3 is 5.97 Å². The zero-order valence-electron chi connectivity index (χ0n) is 13.9. The Kier molecular flexibility index (Phi) is 4.41. The summed E-state index contributed by atoms with van der Waals surface area (Å²) in [7, 11) is 0. The van der Waals surface area contributed by atoms with Gasteiger partial charge in [-0.1, -0.05) is 18.2 Å². The summed E-state index contributed by atoms with van der Waals surface area (Å²) in [5.74, 6) is -0.921. The summed E-state index contributed by atoms with van der Waals surface area (Å²) in [4.78, 5) is 23.2. The average Bonchev–Trinajstić information content (AvgIpc) is 2.99. The number of carbonyl (C=O) groups is 2. The molecule has 0 saturated carbocycles. The summed E-state index contributed by atoms with van der Waals surface area (Å²) >= 11 is 1.33. The second-order valence-corrected chi connectivity index (χ2v) is 7.07. The molecule has 0 aliphatic carbocycles. The fourth-order valence-electron chi connectivity index (χ4n) is 2.98. The third kappa shape index (κ3) is 3.19. The van der Waals surface area contributed by atoms with Crippen molar-refractivity contribution in [1.82, 2.24) is 9.78 Å². The standard InChI is InChI=1S/C19H14FN3O3S/c20-15-4-2-1-3-13(15)17-14-9-21-23(18(14)22-16(24)10-27-17)12-7-5-11(6-8-12)19(25)26/h1-9,17H,10H2,(H,22,24)(H,25,26). The topological polar surface area (TPSA) is 84.2 Å². The first-order valence-corrected chi connectivity index (χ1v) is 9.17. The Hall–Kier alpha value is -3.13. The van der Waals surface area contributed by atoms with Crippen LogP contribution in [0.25, 0.3) is 5.69 Å². The van der Waals surface area contributed by atoms with Crippen LogP contribution in [-0.2, 0) is 4.79 Å². The molecule has 6 nitrogen and oxygen atoms in total. The number of hydrogen-bond acceptors (Lipinski definition) is 4. The van der Waals surface area contributed by atoms with Crippen molar-refractivity contribution in [3.05, 3.63) is 77.2 Å². The Morgan fingerprint density at radius 3 is 2.63 bits per heavy atom. The second-order valence-electron chi connectivity index (χ2n) is 5.97. The van der Waals surface area contributed by atoms with Crippen LogP contribution in [0.15, 0.2) is 54.7 Å².